The van der Waals surface area contributed by atoms with Gasteiger partial charge in [0.05, 0.1) is 6.61 Å². The third-order valence-electron chi connectivity index (χ3n) is 3.87. The van der Waals surface area contributed by atoms with Crippen LogP contribution >= 0.6 is 24.8 Å². The third-order valence-corrected chi connectivity index (χ3v) is 3.87. The molecule has 1 aliphatic heterocycles. The number of hydrogen-bond donors (Lipinski definition) is 2. The fourth-order valence-corrected chi connectivity index (χ4v) is 2.64. The van der Waals surface area contributed by atoms with E-state index >= 15 is 0 Å². The van der Waals surface area contributed by atoms with Crippen molar-refractivity contribution in [3.8, 4) is 0 Å². The number of nitrogens with zero attached hydrogens (tertiary/aromatic N) is 1. The quantitative estimate of drug-likeness (QED) is 0.805. The summed E-state index contributed by atoms with van der Waals surface area (Å²) in [5.74, 6) is -0.113. The Morgan fingerprint density at radius 1 is 1.30 bits per heavy atom. The molecule has 3 N–H and O–H groups in total. The van der Waals surface area contributed by atoms with Crippen molar-refractivity contribution in [2.45, 2.75) is 31.5 Å². The maximum atomic E-state index is 11.8. The van der Waals surface area contributed by atoms with E-state index in [1.54, 1.807) is 7.11 Å². The van der Waals surface area contributed by atoms with Crippen LogP contribution in [0.3, 0.4) is 0 Å². The number of piperidine rings is 1. The second kappa shape index (κ2) is 11.6. The average Bonchev–Trinajstić information content (AvgIpc) is 2.50. The highest BCUT2D eigenvalue weighted by molar-refractivity contribution is 5.85. The summed E-state index contributed by atoms with van der Waals surface area (Å²) in [5, 5.41) is 3.02. The summed E-state index contributed by atoms with van der Waals surface area (Å²) in [5.41, 5.74) is 7.06. The van der Waals surface area contributed by atoms with E-state index in [0.717, 1.165) is 32.5 Å². The standard InChI is InChI=1S/C16H25N3O2.2ClH/c1-21-12-15(17)16(20)18-14-7-9-19(10-8-14)11-13-5-3-2-4-6-13;;/h2-6,14-15H,7-12,17H2,1H3,(H,18,20);2*1H. The van der Waals surface area contributed by atoms with Crippen LogP contribution in [0.15, 0.2) is 30.3 Å². The van der Waals surface area contributed by atoms with Crippen LogP contribution in [0.2, 0.25) is 0 Å². The smallest absolute Gasteiger partial charge is 0.239 e. The Labute approximate surface area is 150 Å². The van der Waals surface area contributed by atoms with E-state index in [2.05, 4.69) is 34.5 Å². The molecule has 1 aliphatic rings. The van der Waals surface area contributed by atoms with Gasteiger partial charge in [-0.25, -0.2) is 0 Å². The molecular weight excluding hydrogens is 337 g/mol. The molecule has 0 aromatic heterocycles. The predicted molar refractivity (Wildman–Crippen MR) is 97.2 cm³/mol. The SMILES string of the molecule is COCC(N)C(=O)NC1CCN(Cc2ccccc2)CC1.Cl.Cl. The molecule has 1 amide bonds. The lowest BCUT2D eigenvalue weighted by molar-refractivity contribution is -0.124. The van der Waals surface area contributed by atoms with E-state index in [9.17, 15) is 4.79 Å². The summed E-state index contributed by atoms with van der Waals surface area (Å²) in [6, 6.07) is 10.1. The summed E-state index contributed by atoms with van der Waals surface area (Å²) in [6.07, 6.45) is 1.94. The Balaban J connectivity index is 0.00000242. The Morgan fingerprint density at radius 2 is 1.91 bits per heavy atom. The highest BCUT2D eigenvalue weighted by Gasteiger charge is 2.22. The van der Waals surface area contributed by atoms with Crippen LogP contribution in [-0.2, 0) is 16.1 Å². The molecule has 0 spiro atoms. The number of nitrogens with one attached hydrogen (secondary N) is 1. The molecular formula is C16H27Cl2N3O2. The van der Waals surface area contributed by atoms with E-state index in [1.165, 1.54) is 5.56 Å². The molecule has 1 fully saturated rings. The minimum atomic E-state index is -0.572. The Hall–Kier alpha value is -0.850. The monoisotopic (exact) mass is 363 g/mol. The predicted octanol–water partition coefficient (Wildman–Crippen LogP) is 1.58. The van der Waals surface area contributed by atoms with Crippen LogP contribution in [-0.4, -0.2) is 49.7 Å². The van der Waals surface area contributed by atoms with Crippen molar-refractivity contribution in [2.24, 2.45) is 5.73 Å². The van der Waals surface area contributed by atoms with Crippen LogP contribution in [0.4, 0.5) is 0 Å². The summed E-state index contributed by atoms with van der Waals surface area (Å²) in [6.45, 7) is 3.24. The number of halogens is 2. The lowest BCUT2D eigenvalue weighted by Gasteiger charge is -2.32. The van der Waals surface area contributed by atoms with Gasteiger partial charge >= 0.3 is 0 Å². The van der Waals surface area contributed by atoms with Crippen molar-refractivity contribution in [3.05, 3.63) is 35.9 Å². The van der Waals surface area contributed by atoms with Gasteiger partial charge < -0.3 is 15.8 Å². The Morgan fingerprint density at radius 3 is 2.48 bits per heavy atom. The number of carbonyl (C=O) groups is 1. The number of nitrogens with two attached hydrogens (primary N) is 1. The van der Waals surface area contributed by atoms with Gasteiger partial charge in [0.2, 0.25) is 5.91 Å². The molecule has 0 bridgehead atoms. The zero-order chi connectivity index (χ0) is 15.1. The molecule has 1 aromatic rings. The number of methoxy groups -OCH3 is 1. The number of carbonyl (C=O) groups excluding carboxylic acids is 1. The third kappa shape index (κ3) is 7.50. The highest BCUT2D eigenvalue weighted by Crippen LogP contribution is 2.13. The minimum Gasteiger partial charge on any atom is -0.383 e. The molecule has 1 aromatic carbocycles. The Kier molecular flexibility index (Phi) is 11.2. The molecule has 2 rings (SSSR count). The molecule has 0 saturated carbocycles. The number of likely N-dealkylation sites (tertiary alicyclic amines) is 1. The van der Waals surface area contributed by atoms with E-state index < -0.39 is 6.04 Å². The number of benzene rings is 1. The maximum Gasteiger partial charge on any atom is 0.239 e. The first-order valence-corrected chi connectivity index (χ1v) is 7.50. The van der Waals surface area contributed by atoms with E-state index in [0.29, 0.717) is 0 Å². The largest absolute Gasteiger partial charge is 0.383 e. The van der Waals surface area contributed by atoms with Crippen molar-refractivity contribution in [1.82, 2.24) is 10.2 Å². The maximum absolute atomic E-state index is 11.8. The highest BCUT2D eigenvalue weighted by atomic mass is 35.5. The van der Waals surface area contributed by atoms with Crippen LogP contribution < -0.4 is 11.1 Å². The molecule has 23 heavy (non-hydrogen) atoms. The van der Waals surface area contributed by atoms with Gasteiger partial charge in [-0.3, -0.25) is 9.69 Å². The second-order valence-corrected chi connectivity index (χ2v) is 5.61. The van der Waals surface area contributed by atoms with Gasteiger partial charge in [-0.05, 0) is 18.4 Å². The fraction of sp³-hybridized carbons (Fsp3) is 0.562. The van der Waals surface area contributed by atoms with E-state index in [4.69, 9.17) is 10.5 Å². The van der Waals surface area contributed by atoms with Crippen molar-refractivity contribution >= 4 is 30.7 Å². The fourth-order valence-electron chi connectivity index (χ4n) is 2.64. The first kappa shape index (κ1) is 22.1. The normalized spacial score (nSPS) is 16.8. The average molecular weight is 364 g/mol. The van der Waals surface area contributed by atoms with E-state index in [-0.39, 0.29) is 43.4 Å². The van der Waals surface area contributed by atoms with E-state index in [1.807, 2.05) is 6.07 Å². The van der Waals surface area contributed by atoms with Gasteiger partial charge in [0.15, 0.2) is 0 Å². The molecule has 1 saturated heterocycles. The number of ether oxygens (including phenoxy) is 1. The second-order valence-electron chi connectivity index (χ2n) is 5.61. The molecule has 0 radical (unpaired) electrons. The van der Waals surface area contributed by atoms with Crippen molar-refractivity contribution < 1.29 is 9.53 Å². The lowest BCUT2D eigenvalue weighted by atomic mass is 10.0. The molecule has 132 valence electrons. The van der Waals surface area contributed by atoms with Gasteiger partial charge in [0, 0.05) is 32.8 Å². The molecule has 0 aliphatic carbocycles. The summed E-state index contributed by atoms with van der Waals surface area (Å²) >= 11 is 0. The first-order valence-electron chi connectivity index (χ1n) is 7.50. The number of hydrogen-bond acceptors (Lipinski definition) is 4. The summed E-state index contributed by atoms with van der Waals surface area (Å²) < 4.78 is 4.90. The van der Waals surface area contributed by atoms with Crippen LogP contribution in [0.1, 0.15) is 18.4 Å². The van der Waals surface area contributed by atoms with Crippen molar-refractivity contribution in [2.75, 3.05) is 26.8 Å². The van der Waals surface area contributed by atoms with Gasteiger partial charge in [-0.15, -0.1) is 24.8 Å². The van der Waals surface area contributed by atoms with Crippen LogP contribution in [0.25, 0.3) is 0 Å². The minimum absolute atomic E-state index is 0. The zero-order valence-corrected chi connectivity index (χ0v) is 15.1. The van der Waals surface area contributed by atoms with Crippen molar-refractivity contribution in [3.63, 3.8) is 0 Å². The zero-order valence-electron chi connectivity index (χ0n) is 13.4. The molecule has 1 unspecified atom stereocenters. The van der Waals surface area contributed by atoms with Gasteiger partial charge in [0.25, 0.3) is 0 Å². The number of amides is 1. The summed E-state index contributed by atoms with van der Waals surface area (Å²) in [7, 11) is 1.55. The topological polar surface area (TPSA) is 67.6 Å². The van der Waals surface area contributed by atoms with Crippen LogP contribution in [0.5, 0.6) is 0 Å². The van der Waals surface area contributed by atoms with Crippen LogP contribution in [0, 0.1) is 0 Å². The lowest BCUT2D eigenvalue weighted by Crippen LogP contribution is -2.50. The summed E-state index contributed by atoms with van der Waals surface area (Å²) in [4.78, 5) is 14.3. The first-order chi connectivity index (χ1) is 10.2. The molecule has 7 heteroatoms. The molecule has 5 nitrogen and oxygen atoms in total. The Bertz CT molecular complexity index is 440. The van der Waals surface area contributed by atoms with Gasteiger partial charge in [0.1, 0.15) is 6.04 Å². The molecule has 1 atom stereocenters. The number of rotatable bonds is 6. The van der Waals surface area contributed by atoms with Gasteiger partial charge in [-0.1, -0.05) is 30.3 Å². The van der Waals surface area contributed by atoms with Crippen molar-refractivity contribution in [1.29, 1.82) is 0 Å². The van der Waals surface area contributed by atoms with Gasteiger partial charge in [-0.2, -0.15) is 0 Å². The molecule has 1 heterocycles.